The average Bonchev–Trinajstić information content (AvgIpc) is 2.72. The first-order valence-corrected chi connectivity index (χ1v) is 11.4. The molecule has 1 N–H and O–H groups in total. The summed E-state index contributed by atoms with van der Waals surface area (Å²) in [6.45, 7) is 1.60. The smallest absolute Gasteiger partial charge is 0.424 e. The molecule has 2 heterocycles. The van der Waals surface area contributed by atoms with Crippen molar-refractivity contribution in [2.75, 3.05) is 24.5 Å². The van der Waals surface area contributed by atoms with Gasteiger partial charge in [0.1, 0.15) is 5.56 Å². The van der Waals surface area contributed by atoms with Gasteiger partial charge < -0.3 is 15.2 Å². The van der Waals surface area contributed by atoms with Gasteiger partial charge in [0, 0.05) is 31.7 Å². The molecule has 1 aliphatic heterocycles. The third-order valence-electron chi connectivity index (χ3n) is 5.70. The summed E-state index contributed by atoms with van der Waals surface area (Å²) >= 11 is 0. The van der Waals surface area contributed by atoms with Crippen molar-refractivity contribution in [3.8, 4) is 0 Å². The van der Waals surface area contributed by atoms with Gasteiger partial charge in [-0.1, -0.05) is 12.1 Å². The summed E-state index contributed by atoms with van der Waals surface area (Å²) in [5, 5.41) is 21.1. The van der Waals surface area contributed by atoms with Crippen LogP contribution in [0.3, 0.4) is 0 Å². The molecule has 3 rings (SSSR count). The molecule has 0 radical (unpaired) electrons. The van der Waals surface area contributed by atoms with Gasteiger partial charge in [0.25, 0.3) is 0 Å². The Hall–Kier alpha value is -2.58. The number of rotatable bonds is 4. The van der Waals surface area contributed by atoms with Gasteiger partial charge in [0.15, 0.2) is 18.0 Å². The van der Waals surface area contributed by atoms with Crippen LogP contribution in [-0.2, 0) is 21.8 Å². The monoisotopic (exact) mass is 513 g/mol. The van der Waals surface area contributed by atoms with E-state index in [9.17, 15) is 45.1 Å². The number of aromatic nitrogens is 1. The Kier molecular flexibility index (Phi) is 6.56. The summed E-state index contributed by atoms with van der Waals surface area (Å²) in [5.74, 6) is 0. The summed E-state index contributed by atoms with van der Waals surface area (Å²) in [5.41, 5.74) is -5.14. The fourth-order valence-corrected chi connectivity index (χ4v) is 5.35. The Labute approximate surface area is 191 Å². The summed E-state index contributed by atoms with van der Waals surface area (Å²) in [7, 11) is -4.19. The van der Waals surface area contributed by atoms with Gasteiger partial charge in [-0.05, 0) is 31.5 Å². The fourth-order valence-electron chi connectivity index (χ4n) is 3.73. The predicted molar refractivity (Wildman–Crippen MR) is 108 cm³/mol. The Morgan fingerprint density at radius 1 is 1.06 bits per heavy atom. The van der Waals surface area contributed by atoms with Crippen LogP contribution in [0.15, 0.2) is 47.6 Å². The summed E-state index contributed by atoms with van der Waals surface area (Å²) in [6, 6.07) is 3.82. The maximum absolute atomic E-state index is 13.4. The lowest BCUT2D eigenvalue weighted by molar-refractivity contribution is -0.606. The molecule has 2 aromatic rings. The minimum atomic E-state index is -4.98. The van der Waals surface area contributed by atoms with E-state index in [2.05, 4.69) is 0 Å². The molecule has 0 amide bonds. The first kappa shape index (κ1) is 26.0. The standard InChI is InChI=1S/C20H21F6N3O4S/c1-13-11-27(17-7-8-28(31)12-16(17)19(21,22)23)9-10-29(13)34(32,33)15-5-3-14(4-6-15)18(2,30)20(24,25)26/h3-8,12-13,30H,9-11H2,1-2H3/t13-,18?/m1/s1. The van der Waals surface area contributed by atoms with Crippen molar-refractivity contribution in [3.05, 3.63) is 59.1 Å². The molecule has 2 atom stereocenters. The number of aliphatic hydroxyl groups is 1. The number of anilines is 1. The van der Waals surface area contributed by atoms with Gasteiger partial charge in [0.05, 0.1) is 10.6 Å². The molecule has 0 aliphatic carbocycles. The Morgan fingerprint density at radius 2 is 1.65 bits per heavy atom. The third-order valence-corrected chi connectivity index (χ3v) is 7.73. The number of sulfonamides is 1. The van der Waals surface area contributed by atoms with Crippen LogP contribution in [0.5, 0.6) is 0 Å². The van der Waals surface area contributed by atoms with Crippen molar-refractivity contribution in [3.63, 3.8) is 0 Å². The average molecular weight is 513 g/mol. The van der Waals surface area contributed by atoms with E-state index in [1.807, 2.05) is 0 Å². The zero-order valence-electron chi connectivity index (χ0n) is 17.9. The van der Waals surface area contributed by atoms with E-state index in [4.69, 9.17) is 0 Å². The van der Waals surface area contributed by atoms with Gasteiger partial charge in [0.2, 0.25) is 10.0 Å². The second kappa shape index (κ2) is 8.57. The number of hydrogen-bond donors (Lipinski definition) is 1. The minimum Gasteiger partial charge on any atom is -0.619 e. The van der Waals surface area contributed by atoms with Crippen molar-refractivity contribution in [1.29, 1.82) is 0 Å². The first-order chi connectivity index (χ1) is 15.5. The van der Waals surface area contributed by atoms with Crippen molar-refractivity contribution in [2.24, 2.45) is 0 Å². The lowest BCUT2D eigenvalue weighted by Crippen LogP contribution is -2.54. The lowest BCUT2D eigenvalue weighted by Gasteiger charge is -2.40. The van der Waals surface area contributed by atoms with E-state index in [1.54, 1.807) is 0 Å². The van der Waals surface area contributed by atoms with Gasteiger partial charge in [-0.3, -0.25) is 0 Å². The van der Waals surface area contributed by atoms with Crippen LogP contribution in [0.1, 0.15) is 25.0 Å². The van der Waals surface area contributed by atoms with E-state index in [-0.39, 0.29) is 34.9 Å². The summed E-state index contributed by atoms with van der Waals surface area (Å²) in [4.78, 5) is 1.00. The van der Waals surface area contributed by atoms with E-state index in [0.29, 0.717) is 13.1 Å². The van der Waals surface area contributed by atoms with Crippen LogP contribution >= 0.6 is 0 Å². The highest BCUT2D eigenvalue weighted by atomic mass is 32.2. The third kappa shape index (κ3) is 4.79. The van der Waals surface area contributed by atoms with Crippen molar-refractivity contribution in [1.82, 2.24) is 4.31 Å². The number of benzene rings is 1. The number of halogens is 6. The van der Waals surface area contributed by atoms with Crippen LogP contribution in [-0.4, -0.2) is 49.7 Å². The molecule has 1 aliphatic rings. The van der Waals surface area contributed by atoms with Gasteiger partial charge in [-0.15, -0.1) is 0 Å². The molecule has 188 valence electrons. The number of hydrogen-bond acceptors (Lipinski definition) is 5. The van der Waals surface area contributed by atoms with Crippen molar-refractivity contribution < 1.29 is 44.6 Å². The number of alkyl halides is 6. The zero-order chi connectivity index (χ0) is 25.7. The maximum Gasteiger partial charge on any atom is 0.424 e. The highest BCUT2D eigenvalue weighted by Crippen LogP contribution is 2.39. The lowest BCUT2D eigenvalue weighted by atomic mass is 9.96. The molecule has 14 heteroatoms. The van der Waals surface area contributed by atoms with E-state index < -0.39 is 45.1 Å². The van der Waals surface area contributed by atoms with Crippen LogP contribution < -0.4 is 9.63 Å². The fraction of sp³-hybridized carbons (Fsp3) is 0.450. The second-order valence-corrected chi connectivity index (χ2v) is 10.00. The largest absolute Gasteiger partial charge is 0.619 e. The topological polar surface area (TPSA) is 87.8 Å². The molecule has 1 saturated heterocycles. The number of nitrogens with zero attached hydrogens (tertiary/aromatic N) is 3. The predicted octanol–water partition coefficient (Wildman–Crippen LogP) is 3.01. The molecule has 0 spiro atoms. The van der Waals surface area contributed by atoms with Gasteiger partial charge >= 0.3 is 12.4 Å². The second-order valence-electron chi connectivity index (χ2n) is 8.11. The van der Waals surface area contributed by atoms with Crippen molar-refractivity contribution >= 4 is 15.7 Å². The Morgan fingerprint density at radius 3 is 2.15 bits per heavy atom. The van der Waals surface area contributed by atoms with Crippen LogP contribution in [0.25, 0.3) is 0 Å². The number of pyridine rings is 1. The van der Waals surface area contributed by atoms with E-state index in [1.165, 1.54) is 11.8 Å². The molecule has 0 bridgehead atoms. The van der Waals surface area contributed by atoms with Crippen LogP contribution in [0.4, 0.5) is 32.0 Å². The van der Waals surface area contributed by atoms with E-state index >= 15 is 0 Å². The first-order valence-electron chi connectivity index (χ1n) is 9.92. The maximum atomic E-state index is 13.4. The minimum absolute atomic E-state index is 0.0241. The molecule has 34 heavy (non-hydrogen) atoms. The Bertz CT molecular complexity index is 1150. The van der Waals surface area contributed by atoms with Gasteiger partial charge in [-0.25, -0.2) is 8.42 Å². The highest BCUT2D eigenvalue weighted by Gasteiger charge is 2.51. The molecule has 1 unspecified atom stereocenters. The zero-order valence-corrected chi connectivity index (χ0v) is 18.7. The van der Waals surface area contributed by atoms with Gasteiger partial charge in [-0.2, -0.15) is 35.4 Å². The Balaban J connectivity index is 1.84. The SMILES string of the molecule is C[C@@H]1CN(c2cc[n+]([O-])cc2C(F)(F)F)CCN1S(=O)(=O)c1ccc(C(C)(O)C(F)(F)F)cc1. The summed E-state index contributed by atoms with van der Waals surface area (Å²) < 4.78 is 106. The quantitative estimate of drug-likeness (QED) is 0.386. The van der Waals surface area contributed by atoms with Crippen LogP contribution in [0.2, 0.25) is 0 Å². The molecular weight excluding hydrogens is 492 g/mol. The molecular formula is C20H21F6N3O4S. The van der Waals surface area contributed by atoms with E-state index in [0.717, 1.165) is 40.8 Å². The normalized spacial score (nSPS) is 20.3. The molecule has 0 saturated carbocycles. The molecule has 1 aromatic carbocycles. The summed E-state index contributed by atoms with van der Waals surface area (Å²) in [6.07, 6.45) is -8.46. The van der Waals surface area contributed by atoms with Crippen molar-refractivity contribution in [2.45, 2.75) is 42.7 Å². The molecule has 1 fully saturated rings. The van der Waals surface area contributed by atoms with Crippen LogP contribution in [0, 0.1) is 5.21 Å². The number of piperazine rings is 1. The molecule has 7 nitrogen and oxygen atoms in total. The highest BCUT2D eigenvalue weighted by molar-refractivity contribution is 7.89. The molecule has 1 aromatic heterocycles.